The Kier molecular flexibility index (Phi) is 38.1. The Morgan fingerprint density at radius 1 is 0.720 bits per heavy atom. The fourth-order valence-electron chi connectivity index (χ4n) is 1.46. The van der Waals surface area contributed by atoms with Crippen molar-refractivity contribution in [3.8, 4) is 5.30 Å². The van der Waals surface area contributed by atoms with Crippen molar-refractivity contribution < 1.29 is 45.0 Å². The molecule has 0 spiro atoms. The Labute approximate surface area is 172 Å². The van der Waals surface area contributed by atoms with Crippen molar-refractivity contribution in [2.45, 2.75) is 13.8 Å². The molecule has 0 aliphatic carbocycles. The smallest absolute Gasteiger partial charge is 0.281 e. The van der Waals surface area contributed by atoms with Crippen molar-refractivity contribution in [2.75, 3.05) is 0 Å². The van der Waals surface area contributed by atoms with Crippen LogP contribution in [0.2, 0.25) is 0 Å². The molecule has 5 nitrogen and oxygen atoms in total. The van der Waals surface area contributed by atoms with Crippen LogP contribution >= 0.6 is 23.5 Å². The van der Waals surface area contributed by atoms with Crippen molar-refractivity contribution in [2.24, 2.45) is 0 Å². The van der Waals surface area contributed by atoms with E-state index in [1.807, 2.05) is 0 Å². The summed E-state index contributed by atoms with van der Waals surface area (Å²) in [7, 11) is -0.211. The van der Waals surface area contributed by atoms with Gasteiger partial charge in [0.1, 0.15) is 0 Å². The van der Waals surface area contributed by atoms with Crippen molar-refractivity contribution >= 4 is 57.4 Å². The maximum absolute atomic E-state index is 7.50. The number of halogens is 1. The van der Waals surface area contributed by atoms with E-state index in [1.165, 1.54) is 20.9 Å². The SMILES string of the molecule is Cc1cp(-c2ccccc2Br)cc1C.[C]=O.[C]=O.[C]=O.[C]=O.[C]=O.[W]. The van der Waals surface area contributed by atoms with Gasteiger partial charge in [0.05, 0.1) is 0 Å². The van der Waals surface area contributed by atoms with Crippen molar-refractivity contribution in [1.82, 2.24) is 0 Å². The van der Waals surface area contributed by atoms with E-state index in [9.17, 15) is 0 Å². The van der Waals surface area contributed by atoms with E-state index in [-0.39, 0.29) is 28.6 Å². The molecule has 0 amide bonds. The van der Waals surface area contributed by atoms with Gasteiger partial charge in [0.2, 0.25) is 0 Å². The molecule has 0 saturated carbocycles. The number of benzene rings is 1. The molecule has 1 aromatic heterocycles. The van der Waals surface area contributed by atoms with Gasteiger partial charge in [-0.1, -0.05) is 19.7 Å². The van der Waals surface area contributed by atoms with Crippen LogP contribution in [0, 0.1) is 13.8 Å². The molecule has 0 fully saturated rings. The van der Waals surface area contributed by atoms with Crippen LogP contribution in [-0.4, -0.2) is 33.9 Å². The zero-order chi connectivity index (χ0) is 20.1. The molecule has 0 aliphatic rings. The molecule has 0 aliphatic heterocycles. The second-order valence-corrected chi connectivity index (χ2v) is 6.15. The van der Waals surface area contributed by atoms with Gasteiger partial charge in [0, 0.05) is 30.8 Å². The van der Waals surface area contributed by atoms with Gasteiger partial charge in [0.25, 0.3) is 33.9 Å². The van der Waals surface area contributed by atoms with Crippen molar-refractivity contribution in [3.05, 3.63) is 51.5 Å². The van der Waals surface area contributed by atoms with E-state index in [2.05, 4.69) is 99.6 Å². The second kappa shape index (κ2) is 27.4. The van der Waals surface area contributed by atoms with Crippen LogP contribution in [0.25, 0.3) is 5.30 Å². The third-order valence-corrected chi connectivity index (χ3v) is 5.69. The summed E-state index contributed by atoms with van der Waals surface area (Å²) in [5.41, 5.74) is 2.85. The first-order chi connectivity index (χ1) is 11.7. The minimum absolute atomic E-state index is 0. The maximum atomic E-state index is 7.50. The van der Waals surface area contributed by atoms with Crippen LogP contribution in [0.5, 0.6) is 0 Å². The monoisotopic (exact) mass is 590 g/mol. The Hall–Kier alpha value is -1.48. The van der Waals surface area contributed by atoms with Gasteiger partial charge in [0.15, 0.2) is 0 Å². The Bertz CT molecular complexity index is 520. The zero-order valence-corrected chi connectivity index (χ0v) is 18.7. The fourth-order valence-corrected chi connectivity index (χ4v) is 4.53. The van der Waals surface area contributed by atoms with Crippen LogP contribution in [0.3, 0.4) is 0 Å². The van der Waals surface area contributed by atoms with E-state index in [0.29, 0.717) is 0 Å². The minimum Gasteiger partial charge on any atom is -0.281 e. The molecule has 128 valence electrons. The average Bonchev–Trinajstić information content (AvgIpc) is 3.02. The fraction of sp³-hybridized carbons (Fsp3) is 0.118. The first-order valence-corrected chi connectivity index (χ1v) is 7.88. The molecule has 0 unspecified atom stereocenters. The van der Waals surface area contributed by atoms with E-state index in [4.69, 9.17) is 24.0 Å². The predicted molar refractivity (Wildman–Crippen MR) is 96.1 cm³/mol. The van der Waals surface area contributed by atoms with Crippen molar-refractivity contribution in [1.29, 1.82) is 0 Å². The molecule has 2 aromatic rings. The summed E-state index contributed by atoms with van der Waals surface area (Å²) < 4.78 is 1.22. The minimum atomic E-state index is -0.211. The topological polar surface area (TPSA) is 85.3 Å². The standard InChI is InChI=1S/C12H12BrP.5CO.W/c1-9-7-14(8-10(9)2)12-6-4-3-5-11(12)13;5*1-2;/h3-8H,1-2H3;;;;;;. The third kappa shape index (κ3) is 14.6. The number of aryl methyl sites for hydroxylation is 2. The number of carbonyl (C=O) groups excluding carboxylic acids is 5. The summed E-state index contributed by atoms with van der Waals surface area (Å²) >= 11 is 3.60. The van der Waals surface area contributed by atoms with Crippen LogP contribution < -0.4 is 0 Å². The molecule has 2 rings (SSSR count). The molecular weight excluding hydrogens is 579 g/mol. The average molecular weight is 591 g/mol. The summed E-state index contributed by atoms with van der Waals surface area (Å²) in [6.45, 7) is 26.9. The molecular formula is C17H12BrO5PW. The Morgan fingerprint density at radius 2 is 1.04 bits per heavy atom. The van der Waals surface area contributed by atoms with Crippen LogP contribution in [0.4, 0.5) is 0 Å². The quantitative estimate of drug-likeness (QED) is 0.510. The van der Waals surface area contributed by atoms with Gasteiger partial charge in [-0.25, -0.2) is 0 Å². The van der Waals surface area contributed by atoms with Gasteiger partial charge < -0.3 is 0 Å². The Balaban J connectivity index is -0.000000105. The summed E-state index contributed by atoms with van der Waals surface area (Å²) in [4.78, 5) is 37.5. The van der Waals surface area contributed by atoms with Crippen LogP contribution in [0.15, 0.2) is 40.3 Å². The zero-order valence-electron chi connectivity index (χ0n) is 13.2. The van der Waals surface area contributed by atoms with E-state index in [0.717, 1.165) is 0 Å². The van der Waals surface area contributed by atoms with Gasteiger partial charge in [-0.2, -0.15) is 0 Å². The molecule has 1 heterocycles. The number of hydrogen-bond acceptors (Lipinski definition) is 5. The van der Waals surface area contributed by atoms with Gasteiger partial charge in [-0.05, 0) is 64.6 Å². The largest absolute Gasteiger partial charge is 0.281 e. The van der Waals surface area contributed by atoms with Crippen LogP contribution in [-0.2, 0) is 45.0 Å². The maximum Gasteiger partial charge on any atom is 0.281 e. The van der Waals surface area contributed by atoms with Crippen molar-refractivity contribution in [3.63, 3.8) is 0 Å². The predicted octanol–water partition coefficient (Wildman–Crippen LogP) is 3.05. The van der Waals surface area contributed by atoms with Gasteiger partial charge in [-0.3, -0.25) is 24.0 Å². The molecule has 1 aromatic carbocycles. The summed E-state index contributed by atoms with van der Waals surface area (Å²) in [5.74, 6) is 4.76. The second-order valence-electron chi connectivity index (χ2n) is 3.48. The molecule has 0 atom stereocenters. The molecule has 0 bridgehead atoms. The van der Waals surface area contributed by atoms with Crippen LogP contribution in [0.1, 0.15) is 11.1 Å². The number of rotatable bonds is 1. The summed E-state index contributed by atoms with van der Waals surface area (Å²) in [6, 6.07) is 8.48. The third-order valence-electron chi connectivity index (χ3n) is 2.42. The van der Waals surface area contributed by atoms with E-state index in [1.54, 1.807) is 0 Å². The first kappa shape index (κ1) is 34.8. The normalized spacial score (nSPS) is 6.68. The molecule has 0 saturated heterocycles. The molecule has 10 radical (unpaired) electrons. The molecule has 25 heavy (non-hydrogen) atoms. The van der Waals surface area contributed by atoms with E-state index >= 15 is 0 Å². The van der Waals surface area contributed by atoms with Gasteiger partial charge in [-0.15, -0.1) is 0 Å². The van der Waals surface area contributed by atoms with Gasteiger partial charge >= 0.3 is 0 Å². The molecule has 0 N–H and O–H groups in total. The molecule has 8 heteroatoms. The first-order valence-electron chi connectivity index (χ1n) is 5.60. The summed E-state index contributed by atoms with van der Waals surface area (Å²) in [6.07, 6.45) is 0. The Morgan fingerprint density at radius 3 is 1.36 bits per heavy atom. The number of hydrogen-bond donors (Lipinski definition) is 0. The van der Waals surface area contributed by atoms with E-state index < -0.39 is 0 Å². The summed E-state index contributed by atoms with van der Waals surface area (Å²) in [5, 5.41) is 1.42.